The monoisotopic (exact) mass is 440 g/mol. The molecular formula is C20H22Cl2N2O3S. The summed E-state index contributed by atoms with van der Waals surface area (Å²) in [6.45, 7) is 0. The molecule has 2 aromatic rings. The minimum Gasteiger partial charge on any atom is -0.321 e. The Balaban J connectivity index is 1.82. The van der Waals surface area contributed by atoms with E-state index < -0.39 is 15.9 Å². The fourth-order valence-corrected chi connectivity index (χ4v) is 5.19. The normalized spacial score (nSPS) is 15.6. The largest absolute Gasteiger partial charge is 0.321 e. The molecule has 1 fully saturated rings. The van der Waals surface area contributed by atoms with Crippen molar-refractivity contribution >= 4 is 44.8 Å². The minimum absolute atomic E-state index is 0.00139. The van der Waals surface area contributed by atoms with Crippen LogP contribution in [0.3, 0.4) is 0 Å². The average Bonchev–Trinajstić information content (AvgIpc) is 2.71. The number of sulfonamides is 1. The fraction of sp³-hybridized carbons (Fsp3) is 0.350. The summed E-state index contributed by atoms with van der Waals surface area (Å²) >= 11 is 12.0. The van der Waals surface area contributed by atoms with Gasteiger partial charge in [0.05, 0.1) is 15.6 Å². The first-order valence-electron chi connectivity index (χ1n) is 9.13. The third-order valence-electron chi connectivity index (χ3n) is 5.04. The van der Waals surface area contributed by atoms with Crippen molar-refractivity contribution in [3.05, 3.63) is 58.1 Å². The highest BCUT2D eigenvalue weighted by molar-refractivity contribution is 7.89. The molecule has 0 atom stereocenters. The molecule has 0 heterocycles. The predicted octanol–water partition coefficient (Wildman–Crippen LogP) is 5.20. The number of hydrogen-bond acceptors (Lipinski definition) is 3. The van der Waals surface area contributed by atoms with Gasteiger partial charge < -0.3 is 5.32 Å². The van der Waals surface area contributed by atoms with E-state index in [-0.39, 0.29) is 16.5 Å². The lowest BCUT2D eigenvalue weighted by Gasteiger charge is -2.30. The van der Waals surface area contributed by atoms with E-state index in [2.05, 4.69) is 5.32 Å². The summed E-state index contributed by atoms with van der Waals surface area (Å²) in [5, 5.41) is 3.46. The summed E-state index contributed by atoms with van der Waals surface area (Å²) in [5.74, 6) is -0.457. The molecule has 1 saturated carbocycles. The Labute approximate surface area is 175 Å². The van der Waals surface area contributed by atoms with Gasteiger partial charge in [-0.1, -0.05) is 48.5 Å². The number of nitrogens with one attached hydrogen (secondary N) is 1. The molecule has 2 aromatic carbocycles. The molecule has 0 radical (unpaired) electrons. The fourth-order valence-electron chi connectivity index (χ4n) is 3.39. The third-order valence-corrected chi connectivity index (χ3v) is 7.51. The van der Waals surface area contributed by atoms with Gasteiger partial charge in [0.25, 0.3) is 5.91 Å². The Kier molecular flexibility index (Phi) is 6.65. The zero-order valence-corrected chi connectivity index (χ0v) is 17.8. The van der Waals surface area contributed by atoms with Crippen LogP contribution in [0.25, 0.3) is 0 Å². The number of anilines is 1. The van der Waals surface area contributed by atoms with E-state index in [1.54, 1.807) is 37.4 Å². The maximum atomic E-state index is 13.0. The molecule has 150 valence electrons. The Morgan fingerprint density at radius 1 is 1.07 bits per heavy atom. The highest BCUT2D eigenvalue weighted by Gasteiger charge is 2.29. The van der Waals surface area contributed by atoms with E-state index in [4.69, 9.17) is 23.2 Å². The van der Waals surface area contributed by atoms with Crippen LogP contribution in [0.15, 0.2) is 47.4 Å². The molecule has 28 heavy (non-hydrogen) atoms. The van der Waals surface area contributed by atoms with Crippen molar-refractivity contribution in [3.63, 3.8) is 0 Å². The van der Waals surface area contributed by atoms with Gasteiger partial charge in [-0.3, -0.25) is 4.79 Å². The quantitative estimate of drug-likeness (QED) is 0.694. The second-order valence-corrected chi connectivity index (χ2v) is 9.76. The molecule has 1 aliphatic rings. The van der Waals surface area contributed by atoms with E-state index in [9.17, 15) is 13.2 Å². The number of benzene rings is 2. The van der Waals surface area contributed by atoms with E-state index in [0.717, 1.165) is 32.1 Å². The summed E-state index contributed by atoms with van der Waals surface area (Å²) < 4.78 is 27.5. The zero-order chi connectivity index (χ0) is 20.3. The summed E-state index contributed by atoms with van der Waals surface area (Å²) in [6.07, 6.45) is 4.94. The van der Waals surface area contributed by atoms with E-state index in [1.807, 2.05) is 0 Å². The van der Waals surface area contributed by atoms with Gasteiger partial charge in [0.1, 0.15) is 0 Å². The lowest BCUT2D eigenvalue weighted by atomic mass is 9.96. The van der Waals surface area contributed by atoms with Gasteiger partial charge in [-0.15, -0.1) is 0 Å². The zero-order valence-electron chi connectivity index (χ0n) is 15.5. The summed E-state index contributed by atoms with van der Waals surface area (Å²) in [4.78, 5) is 12.7. The third kappa shape index (κ3) is 4.69. The Bertz CT molecular complexity index is 973. The number of carbonyl (C=O) groups excluding carboxylic acids is 1. The molecule has 1 N–H and O–H groups in total. The highest BCUT2D eigenvalue weighted by Crippen LogP contribution is 2.28. The first-order valence-corrected chi connectivity index (χ1v) is 11.3. The van der Waals surface area contributed by atoms with Crippen LogP contribution >= 0.6 is 23.2 Å². The predicted molar refractivity (Wildman–Crippen MR) is 113 cm³/mol. The molecule has 0 aliphatic heterocycles. The van der Waals surface area contributed by atoms with E-state index >= 15 is 0 Å². The molecular weight excluding hydrogens is 419 g/mol. The standard InChI is InChI=1S/C20H22Cl2N2O3S/c1-24(16-7-3-2-4-8-16)28(26,27)17-9-5-6-14(12-17)20(25)23-19-13-15(21)10-11-18(19)22/h5-6,9-13,16H,2-4,7-8H2,1H3,(H,23,25). The molecule has 0 spiro atoms. The first kappa shape index (κ1) is 21.1. The van der Waals surface area contributed by atoms with Crippen LogP contribution in [-0.4, -0.2) is 31.7 Å². The van der Waals surface area contributed by atoms with Crippen LogP contribution in [0.2, 0.25) is 10.0 Å². The van der Waals surface area contributed by atoms with Gasteiger partial charge in [-0.25, -0.2) is 8.42 Å². The average molecular weight is 441 g/mol. The minimum atomic E-state index is -3.68. The number of amides is 1. The molecule has 8 heteroatoms. The first-order chi connectivity index (χ1) is 13.3. The van der Waals surface area contributed by atoms with E-state index in [0.29, 0.717) is 15.7 Å². The van der Waals surface area contributed by atoms with Gasteiger partial charge in [0.15, 0.2) is 0 Å². The van der Waals surface area contributed by atoms with Gasteiger partial charge in [-0.2, -0.15) is 4.31 Å². The molecule has 0 unspecified atom stereocenters. The van der Waals surface area contributed by atoms with Crippen molar-refractivity contribution in [2.24, 2.45) is 0 Å². The smallest absolute Gasteiger partial charge is 0.255 e. The van der Waals surface area contributed by atoms with Crippen LogP contribution in [-0.2, 0) is 10.0 Å². The number of nitrogens with zero attached hydrogens (tertiary/aromatic N) is 1. The maximum Gasteiger partial charge on any atom is 0.255 e. The van der Waals surface area contributed by atoms with Gasteiger partial charge >= 0.3 is 0 Å². The second kappa shape index (κ2) is 8.82. The number of carbonyl (C=O) groups is 1. The number of halogens is 2. The summed E-state index contributed by atoms with van der Waals surface area (Å²) in [6, 6.07) is 10.8. The van der Waals surface area contributed by atoms with Gasteiger partial charge in [0, 0.05) is 23.7 Å². The molecule has 0 aromatic heterocycles. The SMILES string of the molecule is CN(C1CCCCC1)S(=O)(=O)c1cccc(C(=O)Nc2cc(Cl)ccc2Cl)c1. The summed E-state index contributed by atoms with van der Waals surface area (Å²) in [5.41, 5.74) is 0.598. The van der Waals surface area contributed by atoms with Crippen molar-refractivity contribution < 1.29 is 13.2 Å². The van der Waals surface area contributed by atoms with Crippen LogP contribution in [0.1, 0.15) is 42.5 Å². The van der Waals surface area contributed by atoms with E-state index in [1.165, 1.54) is 16.4 Å². The topological polar surface area (TPSA) is 66.5 Å². The Hall–Kier alpha value is -1.60. The lowest BCUT2D eigenvalue weighted by Crippen LogP contribution is -2.38. The van der Waals surface area contributed by atoms with Crippen LogP contribution in [0.5, 0.6) is 0 Å². The summed E-state index contributed by atoms with van der Waals surface area (Å²) in [7, 11) is -2.06. The van der Waals surface area contributed by atoms with Crippen molar-refractivity contribution in [1.82, 2.24) is 4.31 Å². The van der Waals surface area contributed by atoms with Crippen molar-refractivity contribution in [3.8, 4) is 0 Å². The molecule has 5 nitrogen and oxygen atoms in total. The Morgan fingerprint density at radius 2 is 1.79 bits per heavy atom. The number of rotatable bonds is 5. The van der Waals surface area contributed by atoms with Gasteiger partial charge in [-0.05, 0) is 49.2 Å². The molecule has 0 saturated heterocycles. The molecule has 1 amide bonds. The van der Waals surface area contributed by atoms with Gasteiger partial charge in [0.2, 0.25) is 10.0 Å². The maximum absolute atomic E-state index is 13.0. The lowest BCUT2D eigenvalue weighted by molar-refractivity contribution is 0.102. The van der Waals surface area contributed by atoms with Crippen molar-refractivity contribution in [2.45, 2.75) is 43.0 Å². The van der Waals surface area contributed by atoms with Crippen molar-refractivity contribution in [2.75, 3.05) is 12.4 Å². The van der Waals surface area contributed by atoms with Crippen LogP contribution in [0.4, 0.5) is 5.69 Å². The molecule has 0 bridgehead atoms. The van der Waals surface area contributed by atoms with Crippen molar-refractivity contribution in [1.29, 1.82) is 0 Å². The highest BCUT2D eigenvalue weighted by atomic mass is 35.5. The second-order valence-electron chi connectivity index (χ2n) is 6.92. The van der Waals surface area contributed by atoms with Crippen LogP contribution in [0, 0.1) is 0 Å². The van der Waals surface area contributed by atoms with Crippen LogP contribution < -0.4 is 5.32 Å². The molecule has 3 rings (SSSR count). The number of hydrogen-bond donors (Lipinski definition) is 1. The molecule has 1 aliphatic carbocycles. The Morgan fingerprint density at radius 3 is 2.50 bits per heavy atom.